The van der Waals surface area contributed by atoms with Gasteiger partial charge in [-0.2, -0.15) is 0 Å². The summed E-state index contributed by atoms with van der Waals surface area (Å²) in [7, 11) is 1.54. The molecule has 2 saturated heterocycles. The smallest absolute Gasteiger partial charge is 0.330 e. The number of nitrogens with zero attached hydrogens (tertiary/aromatic N) is 1. The Morgan fingerprint density at radius 3 is 2.43 bits per heavy atom. The van der Waals surface area contributed by atoms with Crippen LogP contribution >= 0.6 is 0 Å². The van der Waals surface area contributed by atoms with E-state index in [1.807, 2.05) is 0 Å². The van der Waals surface area contributed by atoms with Gasteiger partial charge in [0.1, 0.15) is 11.0 Å². The second-order valence-electron chi connectivity index (χ2n) is 5.63. The molecule has 4 amide bonds. The zero-order chi connectivity index (χ0) is 15.7. The van der Waals surface area contributed by atoms with E-state index in [9.17, 15) is 14.4 Å². The molecule has 0 bridgehead atoms. The number of amides is 4. The molecule has 1 unspecified atom stereocenters. The van der Waals surface area contributed by atoms with Gasteiger partial charge in [-0.1, -0.05) is 13.8 Å². The van der Waals surface area contributed by atoms with Crippen LogP contribution in [0, 0.1) is 5.41 Å². The molecule has 1 N–H and O–H groups in total. The molecule has 7 nitrogen and oxygen atoms in total. The first kappa shape index (κ1) is 15.9. The SMILES string of the molecule is CCC1(CC)C(=O)NC(=O)N(CC2(OC)CCOC2)C1=O. The quantitative estimate of drug-likeness (QED) is 0.754. The van der Waals surface area contributed by atoms with E-state index in [1.54, 1.807) is 21.0 Å². The number of imide groups is 2. The Bertz CT molecular complexity index is 452. The molecule has 21 heavy (non-hydrogen) atoms. The molecule has 0 saturated carbocycles. The number of methoxy groups -OCH3 is 1. The topological polar surface area (TPSA) is 84.9 Å². The standard InChI is InChI=1S/C14H22N2O5/c1-4-14(5-2)10(17)15-12(19)16(11(14)18)8-13(20-3)6-7-21-9-13/h4-9H2,1-3H3,(H,15,17,19). The lowest BCUT2D eigenvalue weighted by Crippen LogP contribution is -2.66. The van der Waals surface area contributed by atoms with Gasteiger partial charge in [-0.15, -0.1) is 0 Å². The van der Waals surface area contributed by atoms with E-state index < -0.39 is 28.9 Å². The van der Waals surface area contributed by atoms with Crippen LogP contribution in [0.5, 0.6) is 0 Å². The van der Waals surface area contributed by atoms with Gasteiger partial charge < -0.3 is 9.47 Å². The van der Waals surface area contributed by atoms with Crippen LogP contribution in [0.25, 0.3) is 0 Å². The Hall–Kier alpha value is -1.47. The molecule has 0 aromatic heterocycles. The first-order valence-electron chi connectivity index (χ1n) is 7.25. The van der Waals surface area contributed by atoms with E-state index >= 15 is 0 Å². The summed E-state index contributed by atoms with van der Waals surface area (Å²) in [6.45, 7) is 4.52. The van der Waals surface area contributed by atoms with E-state index in [0.717, 1.165) is 4.90 Å². The average molecular weight is 298 g/mol. The van der Waals surface area contributed by atoms with Crippen LogP contribution in [-0.2, 0) is 19.1 Å². The molecule has 118 valence electrons. The fourth-order valence-electron chi connectivity index (χ4n) is 2.98. The van der Waals surface area contributed by atoms with Gasteiger partial charge in [-0.05, 0) is 12.8 Å². The van der Waals surface area contributed by atoms with Gasteiger partial charge in [-0.25, -0.2) is 4.79 Å². The number of barbiturate groups is 1. The van der Waals surface area contributed by atoms with Gasteiger partial charge in [-0.3, -0.25) is 19.8 Å². The van der Waals surface area contributed by atoms with Gasteiger partial charge in [0.05, 0.1) is 13.2 Å². The average Bonchev–Trinajstić information content (AvgIpc) is 2.94. The number of hydrogen-bond acceptors (Lipinski definition) is 5. The molecule has 0 aliphatic carbocycles. The van der Waals surface area contributed by atoms with Crippen LogP contribution in [0.2, 0.25) is 0 Å². The zero-order valence-electron chi connectivity index (χ0n) is 12.7. The molecule has 0 spiro atoms. The molecule has 0 aromatic carbocycles. The lowest BCUT2D eigenvalue weighted by molar-refractivity contribution is -0.155. The summed E-state index contributed by atoms with van der Waals surface area (Å²) in [4.78, 5) is 38.0. The number of carbonyl (C=O) groups is 3. The van der Waals surface area contributed by atoms with Gasteiger partial charge in [0.15, 0.2) is 0 Å². The summed E-state index contributed by atoms with van der Waals surface area (Å²) in [6.07, 6.45) is 1.32. The summed E-state index contributed by atoms with van der Waals surface area (Å²) in [5.41, 5.74) is -1.84. The van der Waals surface area contributed by atoms with Crippen molar-refractivity contribution in [1.29, 1.82) is 0 Å². The molecule has 0 radical (unpaired) electrons. The van der Waals surface area contributed by atoms with E-state index in [-0.39, 0.29) is 6.54 Å². The molecule has 2 fully saturated rings. The summed E-state index contributed by atoms with van der Waals surface area (Å²) >= 11 is 0. The molecular formula is C14H22N2O5. The molecule has 2 rings (SSSR count). The zero-order valence-corrected chi connectivity index (χ0v) is 12.7. The Morgan fingerprint density at radius 2 is 1.95 bits per heavy atom. The van der Waals surface area contributed by atoms with Gasteiger partial charge in [0.2, 0.25) is 11.8 Å². The minimum atomic E-state index is -1.16. The normalized spacial score (nSPS) is 28.9. The van der Waals surface area contributed by atoms with Crippen LogP contribution in [0.3, 0.4) is 0 Å². The van der Waals surface area contributed by atoms with E-state index in [4.69, 9.17) is 9.47 Å². The first-order chi connectivity index (χ1) is 9.94. The minimum Gasteiger partial charge on any atom is -0.378 e. The molecule has 7 heteroatoms. The number of hydrogen-bond donors (Lipinski definition) is 1. The van der Waals surface area contributed by atoms with Crippen molar-refractivity contribution in [2.24, 2.45) is 5.41 Å². The summed E-state index contributed by atoms with van der Waals surface area (Å²) in [5.74, 6) is -0.947. The highest BCUT2D eigenvalue weighted by molar-refractivity contribution is 6.19. The number of ether oxygens (including phenoxy) is 2. The predicted molar refractivity (Wildman–Crippen MR) is 73.4 cm³/mol. The van der Waals surface area contributed by atoms with Gasteiger partial charge in [0, 0.05) is 20.1 Å². The predicted octanol–water partition coefficient (Wildman–Crippen LogP) is 0.677. The lowest BCUT2D eigenvalue weighted by atomic mass is 9.78. The maximum absolute atomic E-state index is 12.7. The van der Waals surface area contributed by atoms with E-state index in [1.165, 1.54) is 0 Å². The Labute approximate surface area is 123 Å². The summed E-state index contributed by atoms with van der Waals surface area (Å²) < 4.78 is 10.8. The van der Waals surface area contributed by atoms with E-state index in [0.29, 0.717) is 32.5 Å². The lowest BCUT2D eigenvalue weighted by Gasteiger charge is -2.41. The molecular weight excluding hydrogens is 276 g/mol. The number of urea groups is 1. The van der Waals surface area contributed by atoms with Crippen LogP contribution in [-0.4, -0.2) is 55.2 Å². The first-order valence-corrected chi connectivity index (χ1v) is 7.25. The van der Waals surface area contributed by atoms with Crippen molar-refractivity contribution >= 4 is 17.8 Å². The van der Waals surface area contributed by atoms with Crippen LogP contribution in [0.4, 0.5) is 4.79 Å². The Morgan fingerprint density at radius 1 is 1.29 bits per heavy atom. The fourth-order valence-corrected chi connectivity index (χ4v) is 2.98. The van der Waals surface area contributed by atoms with Crippen molar-refractivity contribution < 1.29 is 23.9 Å². The van der Waals surface area contributed by atoms with Crippen molar-refractivity contribution in [1.82, 2.24) is 10.2 Å². The Kier molecular flexibility index (Phi) is 4.34. The highest BCUT2D eigenvalue weighted by Crippen LogP contribution is 2.34. The van der Waals surface area contributed by atoms with Gasteiger partial charge in [0.25, 0.3) is 0 Å². The van der Waals surface area contributed by atoms with Crippen molar-refractivity contribution in [2.75, 3.05) is 26.9 Å². The molecule has 2 aliphatic rings. The third-order valence-electron chi connectivity index (χ3n) is 4.71. The van der Waals surface area contributed by atoms with Crippen molar-refractivity contribution in [3.8, 4) is 0 Å². The molecule has 2 heterocycles. The van der Waals surface area contributed by atoms with Crippen molar-refractivity contribution in [2.45, 2.75) is 38.7 Å². The molecule has 1 atom stereocenters. The maximum atomic E-state index is 12.7. The van der Waals surface area contributed by atoms with Crippen LogP contribution < -0.4 is 5.32 Å². The van der Waals surface area contributed by atoms with E-state index in [2.05, 4.69) is 5.32 Å². The van der Waals surface area contributed by atoms with Gasteiger partial charge >= 0.3 is 6.03 Å². The summed E-state index contributed by atoms with van der Waals surface area (Å²) in [5, 5.41) is 2.30. The number of nitrogens with one attached hydrogen (secondary N) is 1. The number of carbonyl (C=O) groups excluding carboxylic acids is 3. The van der Waals surface area contributed by atoms with Crippen LogP contribution in [0.15, 0.2) is 0 Å². The van der Waals surface area contributed by atoms with Crippen molar-refractivity contribution in [3.05, 3.63) is 0 Å². The maximum Gasteiger partial charge on any atom is 0.330 e. The molecule has 2 aliphatic heterocycles. The second-order valence-corrected chi connectivity index (χ2v) is 5.63. The number of rotatable bonds is 5. The molecule has 0 aromatic rings. The Balaban J connectivity index is 2.28. The monoisotopic (exact) mass is 298 g/mol. The minimum absolute atomic E-state index is 0.100. The third kappa shape index (κ3) is 2.44. The van der Waals surface area contributed by atoms with Crippen LogP contribution in [0.1, 0.15) is 33.1 Å². The third-order valence-corrected chi connectivity index (χ3v) is 4.71. The second kappa shape index (κ2) is 5.73. The fraction of sp³-hybridized carbons (Fsp3) is 0.786. The van der Waals surface area contributed by atoms with Crippen molar-refractivity contribution in [3.63, 3.8) is 0 Å². The highest BCUT2D eigenvalue weighted by Gasteiger charge is 2.53. The largest absolute Gasteiger partial charge is 0.378 e. The highest BCUT2D eigenvalue weighted by atomic mass is 16.5. The summed E-state index contributed by atoms with van der Waals surface area (Å²) in [6, 6.07) is -0.675.